The van der Waals surface area contributed by atoms with E-state index in [0.29, 0.717) is 36.9 Å². The molecule has 0 saturated carbocycles. The van der Waals surface area contributed by atoms with Crippen molar-refractivity contribution < 1.29 is 13.2 Å². The Labute approximate surface area is 167 Å². The standard InChI is InChI=1S/C21H29N3O3S/c1-16-10-13-24(14-11-16)28(26,27)20-15-19(23(3)17(20)2)21(25)22-12-9-18-7-5-4-6-8-18/h4-8,15-16H,9-14H2,1-3H3,(H,22,25). The third kappa shape index (κ3) is 4.31. The number of sulfonamides is 1. The van der Waals surface area contributed by atoms with Crippen molar-refractivity contribution in [3.63, 3.8) is 0 Å². The van der Waals surface area contributed by atoms with Gasteiger partial charge in [-0.25, -0.2) is 8.42 Å². The summed E-state index contributed by atoms with van der Waals surface area (Å²) in [6, 6.07) is 11.4. The van der Waals surface area contributed by atoms with Crippen molar-refractivity contribution in [3.05, 3.63) is 53.3 Å². The maximum absolute atomic E-state index is 13.1. The zero-order valence-electron chi connectivity index (χ0n) is 16.8. The van der Waals surface area contributed by atoms with Gasteiger partial charge in [-0.3, -0.25) is 4.79 Å². The highest BCUT2D eigenvalue weighted by atomic mass is 32.2. The second kappa shape index (κ2) is 8.49. The molecule has 2 aromatic rings. The molecule has 0 unspecified atom stereocenters. The van der Waals surface area contributed by atoms with E-state index in [1.54, 1.807) is 22.8 Å². The van der Waals surface area contributed by atoms with Crippen molar-refractivity contribution in [1.29, 1.82) is 0 Å². The van der Waals surface area contributed by atoms with Crippen LogP contribution in [-0.4, -0.2) is 42.8 Å². The summed E-state index contributed by atoms with van der Waals surface area (Å²) < 4.78 is 29.4. The fraction of sp³-hybridized carbons (Fsp3) is 0.476. The number of piperidine rings is 1. The van der Waals surface area contributed by atoms with Crippen molar-refractivity contribution in [2.45, 2.75) is 38.0 Å². The average Bonchev–Trinajstić information content (AvgIpc) is 2.99. The molecule has 1 aliphatic heterocycles. The monoisotopic (exact) mass is 403 g/mol. The predicted molar refractivity (Wildman–Crippen MR) is 110 cm³/mol. The number of aromatic nitrogens is 1. The molecule has 1 aromatic heterocycles. The van der Waals surface area contributed by atoms with Crippen LogP contribution in [0.2, 0.25) is 0 Å². The molecule has 2 heterocycles. The molecule has 28 heavy (non-hydrogen) atoms. The fourth-order valence-electron chi connectivity index (χ4n) is 3.57. The first kappa shape index (κ1) is 20.6. The van der Waals surface area contributed by atoms with E-state index >= 15 is 0 Å². The summed E-state index contributed by atoms with van der Waals surface area (Å²) in [5.41, 5.74) is 2.11. The van der Waals surface area contributed by atoms with Crippen molar-refractivity contribution in [1.82, 2.24) is 14.2 Å². The Morgan fingerprint density at radius 3 is 2.46 bits per heavy atom. The number of hydrogen-bond acceptors (Lipinski definition) is 3. The number of hydrogen-bond donors (Lipinski definition) is 1. The molecule has 6 nitrogen and oxygen atoms in total. The molecule has 3 rings (SSSR count). The van der Waals surface area contributed by atoms with E-state index in [-0.39, 0.29) is 10.8 Å². The topological polar surface area (TPSA) is 71.4 Å². The highest BCUT2D eigenvalue weighted by Gasteiger charge is 2.32. The van der Waals surface area contributed by atoms with Crippen LogP contribution in [0.5, 0.6) is 0 Å². The van der Waals surface area contributed by atoms with Crippen LogP contribution in [0.3, 0.4) is 0 Å². The normalized spacial score (nSPS) is 16.2. The van der Waals surface area contributed by atoms with Gasteiger partial charge in [-0.15, -0.1) is 0 Å². The Morgan fingerprint density at radius 1 is 1.18 bits per heavy atom. The number of amides is 1. The summed E-state index contributed by atoms with van der Waals surface area (Å²) in [6.45, 7) is 5.47. The highest BCUT2D eigenvalue weighted by Crippen LogP contribution is 2.27. The van der Waals surface area contributed by atoms with Crippen LogP contribution >= 0.6 is 0 Å². The molecule has 0 bridgehead atoms. The van der Waals surface area contributed by atoms with Crippen LogP contribution in [0.15, 0.2) is 41.3 Å². The lowest BCUT2D eigenvalue weighted by Gasteiger charge is -2.29. The predicted octanol–water partition coefficient (Wildman–Crippen LogP) is 2.73. The van der Waals surface area contributed by atoms with E-state index in [1.165, 1.54) is 6.07 Å². The van der Waals surface area contributed by atoms with E-state index in [4.69, 9.17) is 0 Å². The molecule has 1 aliphatic rings. The third-order valence-corrected chi connectivity index (χ3v) is 7.64. The zero-order valence-corrected chi connectivity index (χ0v) is 17.6. The average molecular weight is 404 g/mol. The third-order valence-electron chi connectivity index (χ3n) is 5.62. The van der Waals surface area contributed by atoms with E-state index in [9.17, 15) is 13.2 Å². The molecule has 1 saturated heterocycles. The van der Waals surface area contributed by atoms with Crippen molar-refractivity contribution in [3.8, 4) is 0 Å². The molecule has 0 aliphatic carbocycles. The Morgan fingerprint density at radius 2 is 1.82 bits per heavy atom. The number of nitrogens with zero attached hydrogens (tertiary/aromatic N) is 2. The first-order chi connectivity index (χ1) is 13.3. The summed E-state index contributed by atoms with van der Waals surface area (Å²) in [5, 5.41) is 2.90. The van der Waals surface area contributed by atoms with Crippen LogP contribution in [0.4, 0.5) is 0 Å². The number of benzene rings is 1. The number of carbonyl (C=O) groups is 1. The van der Waals surface area contributed by atoms with Gasteiger partial charge in [0, 0.05) is 32.4 Å². The summed E-state index contributed by atoms with van der Waals surface area (Å²) >= 11 is 0. The SMILES string of the molecule is Cc1c(S(=O)(=O)N2CCC(C)CC2)cc(C(=O)NCCc2ccccc2)n1C. The largest absolute Gasteiger partial charge is 0.350 e. The lowest BCUT2D eigenvalue weighted by Crippen LogP contribution is -2.38. The smallest absolute Gasteiger partial charge is 0.267 e. The minimum absolute atomic E-state index is 0.234. The molecule has 152 valence electrons. The highest BCUT2D eigenvalue weighted by molar-refractivity contribution is 7.89. The van der Waals surface area contributed by atoms with E-state index in [0.717, 1.165) is 24.8 Å². The van der Waals surface area contributed by atoms with Gasteiger partial charge < -0.3 is 9.88 Å². The molecule has 7 heteroatoms. The summed E-state index contributed by atoms with van der Waals surface area (Å²) in [5.74, 6) is 0.296. The molecule has 0 spiro atoms. The van der Waals surface area contributed by atoms with Crippen LogP contribution < -0.4 is 5.32 Å². The number of nitrogens with one attached hydrogen (secondary N) is 1. The van der Waals surface area contributed by atoms with Crippen LogP contribution in [0, 0.1) is 12.8 Å². The van der Waals surface area contributed by atoms with E-state index in [1.807, 2.05) is 30.3 Å². The quantitative estimate of drug-likeness (QED) is 0.806. The molecule has 0 atom stereocenters. The maximum atomic E-state index is 13.1. The van der Waals surface area contributed by atoms with E-state index in [2.05, 4.69) is 12.2 Å². The lowest BCUT2D eigenvalue weighted by atomic mass is 10.0. The van der Waals surface area contributed by atoms with Gasteiger partial charge in [-0.2, -0.15) is 4.31 Å². The van der Waals surface area contributed by atoms with Gasteiger partial charge in [0.1, 0.15) is 10.6 Å². The van der Waals surface area contributed by atoms with Crippen molar-refractivity contribution >= 4 is 15.9 Å². The molecule has 1 fully saturated rings. The van der Waals surface area contributed by atoms with Gasteiger partial charge in [0.2, 0.25) is 10.0 Å². The van der Waals surface area contributed by atoms with Gasteiger partial charge in [0.25, 0.3) is 5.91 Å². The van der Waals surface area contributed by atoms with Crippen LogP contribution in [-0.2, 0) is 23.5 Å². The Balaban J connectivity index is 1.72. The first-order valence-corrected chi connectivity index (χ1v) is 11.2. The zero-order chi connectivity index (χ0) is 20.3. The molecule has 1 aromatic carbocycles. The molecule has 1 amide bonds. The van der Waals surface area contributed by atoms with Gasteiger partial charge in [0.15, 0.2) is 0 Å². The van der Waals surface area contributed by atoms with E-state index < -0.39 is 10.0 Å². The van der Waals surface area contributed by atoms with Gasteiger partial charge in [-0.1, -0.05) is 37.3 Å². The van der Waals surface area contributed by atoms with Gasteiger partial charge in [-0.05, 0) is 43.7 Å². The maximum Gasteiger partial charge on any atom is 0.267 e. The van der Waals surface area contributed by atoms with Gasteiger partial charge >= 0.3 is 0 Å². The summed E-state index contributed by atoms with van der Waals surface area (Å²) in [4.78, 5) is 12.9. The summed E-state index contributed by atoms with van der Waals surface area (Å²) in [7, 11) is -1.85. The van der Waals surface area contributed by atoms with Crippen molar-refractivity contribution in [2.75, 3.05) is 19.6 Å². The van der Waals surface area contributed by atoms with Crippen molar-refractivity contribution in [2.24, 2.45) is 13.0 Å². The Hall–Kier alpha value is -2.12. The molecule has 1 N–H and O–H groups in total. The minimum atomic E-state index is -3.58. The molecular weight excluding hydrogens is 374 g/mol. The van der Waals surface area contributed by atoms with Crippen LogP contribution in [0.25, 0.3) is 0 Å². The summed E-state index contributed by atoms with van der Waals surface area (Å²) in [6.07, 6.45) is 2.48. The number of rotatable bonds is 6. The Bertz CT molecular complexity index is 927. The fourth-order valence-corrected chi connectivity index (χ4v) is 5.31. The van der Waals surface area contributed by atoms with Gasteiger partial charge in [0.05, 0.1) is 0 Å². The second-order valence-electron chi connectivity index (χ2n) is 7.62. The number of carbonyl (C=O) groups excluding carboxylic acids is 1. The molecule has 0 radical (unpaired) electrons. The lowest BCUT2D eigenvalue weighted by molar-refractivity contribution is 0.0946. The second-order valence-corrected chi connectivity index (χ2v) is 9.52. The minimum Gasteiger partial charge on any atom is -0.350 e. The Kier molecular flexibility index (Phi) is 6.25. The van der Waals surface area contributed by atoms with Crippen LogP contribution in [0.1, 0.15) is 41.5 Å². The first-order valence-electron chi connectivity index (χ1n) is 9.79. The molecular formula is C21H29N3O3S.